The van der Waals surface area contributed by atoms with Gasteiger partial charge in [0.2, 0.25) is 5.91 Å². The molecular weight excluding hydrogens is 416 g/mol. The molecule has 29 heavy (non-hydrogen) atoms. The van der Waals surface area contributed by atoms with E-state index in [0.29, 0.717) is 44.1 Å². The maximum Gasteiger partial charge on any atom is 0.410 e. The number of aromatic nitrogens is 1. The van der Waals surface area contributed by atoms with Crippen molar-refractivity contribution in [3.63, 3.8) is 0 Å². The number of cyclic esters (lactones) is 1. The molecule has 1 aromatic rings. The van der Waals surface area contributed by atoms with Crippen LogP contribution in [0.3, 0.4) is 0 Å². The zero-order valence-corrected chi connectivity index (χ0v) is 18.8. The number of nitrogens with zero attached hydrogens (tertiary/aromatic N) is 3. The van der Waals surface area contributed by atoms with Crippen LogP contribution in [0.5, 0.6) is 0 Å². The van der Waals surface area contributed by atoms with Crippen molar-refractivity contribution in [2.75, 3.05) is 25.0 Å². The van der Waals surface area contributed by atoms with Crippen LogP contribution in [0.25, 0.3) is 0 Å². The second-order valence-electron chi connectivity index (χ2n) is 7.98. The summed E-state index contributed by atoms with van der Waals surface area (Å²) in [4.78, 5) is 29.4. The fourth-order valence-corrected chi connectivity index (χ4v) is 7.01. The zero-order chi connectivity index (χ0) is 21.3. The lowest BCUT2D eigenvalue weighted by atomic mass is 9.99. The highest BCUT2D eigenvalue weighted by molar-refractivity contribution is 7.91. The van der Waals surface area contributed by atoms with Gasteiger partial charge in [0.1, 0.15) is 6.61 Å². The summed E-state index contributed by atoms with van der Waals surface area (Å²) in [5, 5.41) is 2.82. The van der Waals surface area contributed by atoms with Gasteiger partial charge in [0.15, 0.2) is 9.34 Å². The average Bonchev–Trinajstić information content (AvgIpc) is 3.17. The monoisotopic (exact) mass is 444 g/mol. The first-order valence-corrected chi connectivity index (χ1v) is 12.1. The minimum atomic E-state index is -3.70. The summed E-state index contributed by atoms with van der Waals surface area (Å²) in [6, 6.07) is 0.0392. The van der Waals surface area contributed by atoms with Crippen LogP contribution in [0.2, 0.25) is 0 Å². The fourth-order valence-electron chi connectivity index (χ4n) is 3.95. The van der Waals surface area contributed by atoms with Gasteiger partial charge in [-0.2, -0.15) is 4.31 Å². The Morgan fingerprint density at radius 1 is 1.34 bits per heavy atom. The first-order chi connectivity index (χ1) is 13.6. The first kappa shape index (κ1) is 22.0. The van der Waals surface area contributed by atoms with Crippen molar-refractivity contribution in [1.82, 2.24) is 14.2 Å². The molecule has 2 aliphatic heterocycles. The van der Waals surface area contributed by atoms with Gasteiger partial charge in [0.05, 0.1) is 11.7 Å². The Bertz CT molecular complexity index is 875. The number of ether oxygens (including phenoxy) is 1. The summed E-state index contributed by atoms with van der Waals surface area (Å²) in [7, 11) is -3.70. The number of sulfonamides is 1. The number of amides is 2. The Morgan fingerprint density at radius 3 is 2.59 bits per heavy atom. The number of rotatable bonds is 6. The van der Waals surface area contributed by atoms with Gasteiger partial charge in [0, 0.05) is 26.1 Å². The Hall–Kier alpha value is -1.72. The van der Waals surface area contributed by atoms with Crippen LogP contribution in [-0.4, -0.2) is 66.4 Å². The maximum absolute atomic E-state index is 13.1. The molecule has 11 heteroatoms. The maximum atomic E-state index is 13.1. The second-order valence-corrected chi connectivity index (χ2v) is 11.1. The van der Waals surface area contributed by atoms with Crippen molar-refractivity contribution in [3.8, 4) is 0 Å². The number of hydrogen-bond acceptors (Lipinski definition) is 7. The largest absolute Gasteiger partial charge is 0.447 e. The first-order valence-electron chi connectivity index (χ1n) is 9.79. The molecule has 0 saturated carbocycles. The number of hydrogen-bond donors (Lipinski definition) is 1. The Labute approximate surface area is 175 Å². The minimum absolute atomic E-state index is 0.0160. The van der Waals surface area contributed by atoms with Crippen LogP contribution in [-0.2, 0) is 19.6 Å². The molecule has 9 nitrogen and oxygen atoms in total. The second kappa shape index (κ2) is 8.57. The molecule has 2 amide bonds. The van der Waals surface area contributed by atoms with E-state index >= 15 is 0 Å². The number of carbonyl (C=O) groups excluding carboxylic acids is 2. The molecule has 2 aliphatic rings. The van der Waals surface area contributed by atoms with Crippen molar-refractivity contribution in [2.45, 2.75) is 63.3 Å². The van der Waals surface area contributed by atoms with Crippen LogP contribution in [0.1, 0.15) is 45.7 Å². The molecule has 1 unspecified atom stereocenters. The van der Waals surface area contributed by atoms with Crippen molar-refractivity contribution >= 4 is 38.5 Å². The van der Waals surface area contributed by atoms with Crippen LogP contribution in [0.4, 0.5) is 9.93 Å². The lowest BCUT2D eigenvalue weighted by molar-refractivity contribution is -0.114. The molecule has 0 radical (unpaired) electrons. The molecule has 3 rings (SSSR count). The van der Waals surface area contributed by atoms with Crippen molar-refractivity contribution in [2.24, 2.45) is 5.92 Å². The number of anilines is 1. The molecule has 2 fully saturated rings. The van der Waals surface area contributed by atoms with E-state index in [9.17, 15) is 18.0 Å². The van der Waals surface area contributed by atoms with E-state index in [2.05, 4.69) is 24.1 Å². The van der Waals surface area contributed by atoms with E-state index < -0.39 is 10.0 Å². The molecule has 0 aromatic carbocycles. The highest BCUT2D eigenvalue weighted by atomic mass is 32.2. The van der Waals surface area contributed by atoms with Gasteiger partial charge < -0.3 is 10.1 Å². The van der Waals surface area contributed by atoms with Gasteiger partial charge >= 0.3 is 6.09 Å². The summed E-state index contributed by atoms with van der Waals surface area (Å²) >= 11 is 0.965. The third-order valence-corrected chi connectivity index (χ3v) is 8.73. The average molecular weight is 445 g/mol. The number of thiazole rings is 1. The van der Waals surface area contributed by atoms with Crippen LogP contribution >= 0.6 is 11.3 Å². The number of aryl methyl sites for hydroxylation is 1. The van der Waals surface area contributed by atoms with Crippen LogP contribution < -0.4 is 5.32 Å². The van der Waals surface area contributed by atoms with Crippen LogP contribution in [0.15, 0.2) is 4.21 Å². The summed E-state index contributed by atoms with van der Waals surface area (Å²) in [5.41, 5.74) is 0.376. The molecular formula is C18H28N4O5S2. The smallest absolute Gasteiger partial charge is 0.410 e. The van der Waals surface area contributed by atoms with E-state index in [1.54, 1.807) is 6.92 Å². The Kier molecular flexibility index (Phi) is 6.49. The summed E-state index contributed by atoms with van der Waals surface area (Å²) in [5.74, 6) is 0.154. The van der Waals surface area contributed by atoms with Gasteiger partial charge in [-0.05, 0) is 32.1 Å². The third kappa shape index (κ3) is 4.72. The lowest BCUT2D eigenvalue weighted by Gasteiger charge is -2.37. The minimum Gasteiger partial charge on any atom is -0.447 e. The SMILES string of the molecule is CC(=O)Nc1nc(C)c(S(=O)(=O)N2CCC(N3C(=O)OCC3CC(C)C)CC2)s1. The molecule has 1 atom stereocenters. The predicted molar refractivity (Wildman–Crippen MR) is 109 cm³/mol. The number of nitrogens with one attached hydrogen (secondary N) is 1. The highest BCUT2D eigenvalue weighted by Gasteiger charge is 2.41. The standard InChI is InChI=1S/C18H28N4O5S2/c1-11(2)9-15-10-27-18(24)22(15)14-5-7-21(8-6-14)29(25,26)16-12(3)19-17(28-16)20-13(4)23/h11,14-15H,5-10H2,1-4H3,(H,19,20,23). The summed E-state index contributed by atoms with van der Waals surface area (Å²) < 4.78 is 33.0. The molecule has 162 valence electrons. The predicted octanol–water partition coefficient (Wildman–Crippen LogP) is 2.43. The normalized spacial score (nSPS) is 21.6. The highest BCUT2D eigenvalue weighted by Crippen LogP contribution is 2.33. The molecule has 1 aromatic heterocycles. The molecule has 0 aliphatic carbocycles. The Balaban J connectivity index is 1.69. The molecule has 0 bridgehead atoms. The summed E-state index contributed by atoms with van der Waals surface area (Å²) in [6.45, 7) is 8.27. The molecule has 3 heterocycles. The summed E-state index contributed by atoms with van der Waals surface area (Å²) in [6.07, 6.45) is 1.71. The van der Waals surface area contributed by atoms with Gasteiger partial charge in [-0.3, -0.25) is 9.69 Å². The number of piperidine rings is 1. The van der Waals surface area contributed by atoms with E-state index in [1.165, 1.54) is 11.2 Å². The fraction of sp³-hybridized carbons (Fsp3) is 0.722. The number of carbonyl (C=O) groups is 2. The van der Waals surface area contributed by atoms with Gasteiger partial charge in [0.25, 0.3) is 10.0 Å². The van der Waals surface area contributed by atoms with Crippen molar-refractivity contribution < 1.29 is 22.7 Å². The quantitative estimate of drug-likeness (QED) is 0.722. The van der Waals surface area contributed by atoms with Crippen molar-refractivity contribution in [1.29, 1.82) is 0 Å². The molecule has 0 spiro atoms. The Morgan fingerprint density at radius 2 is 2.00 bits per heavy atom. The topological polar surface area (TPSA) is 109 Å². The van der Waals surface area contributed by atoms with Gasteiger partial charge in [-0.1, -0.05) is 25.2 Å². The third-order valence-electron chi connectivity index (χ3n) is 5.17. The van der Waals surface area contributed by atoms with E-state index in [1.807, 2.05) is 4.90 Å². The molecule has 1 N–H and O–H groups in total. The van der Waals surface area contributed by atoms with E-state index in [4.69, 9.17) is 4.74 Å². The zero-order valence-electron chi connectivity index (χ0n) is 17.2. The van der Waals surface area contributed by atoms with Crippen LogP contribution in [0, 0.1) is 12.8 Å². The molecule has 2 saturated heterocycles. The van der Waals surface area contributed by atoms with E-state index in [-0.39, 0.29) is 33.4 Å². The van der Waals surface area contributed by atoms with Gasteiger partial charge in [-0.25, -0.2) is 18.2 Å². The lowest BCUT2D eigenvalue weighted by Crippen LogP contribution is -2.49. The van der Waals surface area contributed by atoms with Crippen molar-refractivity contribution in [3.05, 3.63) is 5.69 Å². The van der Waals surface area contributed by atoms with E-state index in [0.717, 1.165) is 17.8 Å². The van der Waals surface area contributed by atoms with Gasteiger partial charge in [-0.15, -0.1) is 0 Å².